The summed E-state index contributed by atoms with van der Waals surface area (Å²) in [6.07, 6.45) is -4.36. The molecule has 0 fully saturated rings. The van der Waals surface area contributed by atoms with Crippen LogP contribution in [0.5, 0.6) is 5.75 Å². The van der Waals surface area contributed by atoms with Crippen LogP contribution in [0.2, 0.25) is 0 Å². The lowest BCUT2D eigenvalue weighted by Crippen LogP contribution is -2.29. The minimum absolute atomic E-state index is 0.130. The van der Waals surface area contributed by atoms with Gasteiger partial charge < -0.3 is 14.8 Å². The highest BCUT2D eigenvalue weighted by atomic mass is 19.4. The lowest BCUT2D eigenvalue weighted by atomic mass is 10.1. The van der Waals surface area contributed by atoms with Crippen LogP contribution in [0.3, 0.4) is 0 Å². The summed E-state index contributed by atoms with van der Waals surface area (Å²) in [6.45, 7) is 2.12. The molecule has 33 heavy (non-hydrogen) atoms. The molecular weight excluding hydrogens is 442 g/mol. The van der Waals surface area contributed by atoms with Crippen molar-refractivity contribution in [3.05, 3.63) is 72.3 Å². The molecule has 2 aromatic carbocycles. The minimum Gasteiger partial charge on any atom is -0.491 e. The van der Waals surface area contributed by atoms with Gasteiger partial charge in [0.1, 0.15) is 18.2 Å². The lowest BCUT2D eigenvalue weighted by Gasteiger charge is -2.20. The molecule has 0 aliphatic heterocycles. The zero-order valence-electron chi connectivity index (χ0n) is 17.6. The van der Waals surface area contributed by atoms with Gasteiger partial charge in [-0.05, 0) is 30.2 Å². The van der Waals surface area contributed by atoms with Crippen molar-refractivity contribution in [1.29, 1.82) is 0 Å². The molecule has 0 bridgehead atoms. The Morgan fingerprint density at radius 1 is 1.09 bits per heavy atom. The minimum atomic E-state index is -5.12. The van der Waals surface area contributed by atoms with E-state index in [0.717, 1.165) is 6.42 Å². The van der Waals surface area contributed by atoms with E-state index >= 15 is 0 Å². The topological polar surface area (TPSA) is 73.3 Å². The Hall–Kier alpha value is -3.69. The Labute approximate surface area is 187 Å². The second kappa shape index (κ2) is 10.8. The van der Waals surface area contributed by atoms with Crippen LogP contribution in [-0.4, -0.2) is 35.3 Å². The molecule has 10 heteroatoms. The van der Waals surface area contributed by atoms with Gasteiger partial charge in [0.15, 0.2) is 11.6 Å². The van der Waals surface area contributed by atoms with Crippen LogP contribution >= 0.6 is 0 Å². The Kier molecular flexibility index (Phi) is 7.81. The van der Waals surface area contributed by atoms with Gasteiger partial charge in [0.05, 0.1) is 18.8 Å². The number of benzene rings is 2. The zero-order chi connectivity index (χ0) is 23.8. The van der Waals surface area contributed by atoms with E-state index in [1.54, 1.807) is 36.4 Å². The Bertz CT molecular complexity index is 1080. The Morgan fingerprint density at radius 2 is 1.85 bits per heavy atom. The molecule has 0 unspecified atom stereocenters. The first-order valence-electron chi connectivity index (χ1n) is 10.1. The average Bonchev–Trinajstić information content (AvgIpc) is 2.81. The van der Waals surface area contributed by atoms with Crippen LogP contribution in [0.4, 0.5) is 23.4 Å². The number of ether oxygens (including phenoxy) is 2. The van der Waals surface area contributed by atoms with Crippen LogP contribution in [0.15, 0.2) is 60.9 Å². The molecule has 3 rings (SSSR count). The molecule has 0 saturated heterocycles. The highest BCUT2D eigenvalue weighted by Gasteiger charge is 2.42. The molecule has 3 aromatic rings. The summed E-state index contributed by atoms with van der Waals surface area (Å²) in [6, 6.07) is 13.9. The summed E-state index contributed by atoms with van der Waals surface area (Å²) in [4.78, 5) is 19.5. The van der Waals surface area contributed by atoms with Crippen molar-refractivity contribution in [2.75, 3.05) is 18.5 Å². The lowest BCUT2D eigenvalue weighted by molar-refractivity contribution is -0.204. The molecule has 0 amide bonds. The molecule has 6 nitrogen and oxygen atoms in total. The van der Waals surface area contributed by atoms with Crippen LogP contribution in [0, 0.1) is 5.82 Å². The van der Waals surface area contributed by atoms with Gasteiger partial charge in [-0.2, -0.15) is 13.2 Å². The van der Waals surface area contributed by atoms with Crippen molar-refractivity contribution in [2.24, 2.45) is 0 Å². The number of anilines is 1. The van der Waals surface area contributed by atoms with E-state index in [-0.39, 0.29) is 18.1 Å². The van der Waals surface area contributed by atoms with Gasteiger partial charge in [-0.3, -0.25) is 0 Å². The number of aromatic nitrogens is 2. The van der Waals surface area contributed by atoms with Gasteiger partial charge >= 0.3 is 12.1 Å². The number of rotatable bonds is 9. The van der Waals surface area contributed by atoms with Crippen LogP contribution < -0.4 is 10.1 Å². The maximum absolute atomic E-state index is 14.3. The molecule has 174 valence electrons. The number of nitrogens with zero attached hydrogens (tertiary/aromatic N) is 2. The van der Waals surface area contributed by atoms with E-state index in [1.165, 1.54) is 24.5 Å². The van der Waals surface area contributed by atoms with E-state index in [9.17, 15) is 22.4 Å². The third kappa shape index (κ3) is 6.64. The van der Waals surface area contributed by atoms with E-state index < -0.39 is 24.1 Å². The van der Waals surface area contributed by atoms with Crippen molar-refractivity contribution in [1.82, 2.24) is 9.97 Å². The van der Waals surface area contributed by atoms with Gasteiger partial charge in [0.2, 0.25) is 0 Å². The monoisotopic (exact) mass is 463 g/mol. The smallest absolute Gasteiger partial charge is 0.490 e. The average molecular weight is 463 g/mol. The fraction of sp³-hybridized carbons (Fsp3) is 0.261. The predicted molar refractivity (Wildman–Crippen MR) is 113 cm³/mol. The number of hydrogen-bond donors (Lipinski definition) is 1. The number of hydrogen-bond acceptors (Lipinski definition) is 6. The molecule has 1 aromatic heterocycles. The van der Waals surface area contributed by atoms with Gasteiger partial charge in [-0.1, -0.05) is 37.3 Å². The highest BCUT2D eigenvalue weighted by molar-refractivity contribution is 5.76. The summed E-state index contributed by atoms with van der Waals surface area (Å²) in [5.41, 5.74) is 1.23. The Morgan fingerprint density at radius 3 is 2.52 bits per heavy atom. The van der Waals surface area contributed by atoms with Crippen LogP contribution in [-0.2, 0) is 9.53 Å². The van der Waals surface area contributed by atoms with Gasteiger partial charge in [0.25, 0.3) is 0 Å². The summed E-state index contributed by atoms with van der Waals surface area (Å²) in [5.74, 6) is -2.44. The fourth-order valence-electron chi connectivity index (χ4n) is 2.89. The standard InChI is InChI=1S/C23H21F4N3O3/c1-2-10-32-19-9-8-16(11-17(19)24)18-12-21(30-14-29-18)28-13-20(15-6-4-3-5-7-15)33-22(31)23(25,26)27/h3-9,11-12,14,20H,2,10,13H2,1H3,(H,28,29,30)/t20-/m0/s1. The maximum atomic E-state index is 14.3. The van der Waals surface area contributed by atoms with E-state index in [2.05, 4.69) is 20.0 Å². The van der Waals surface area contributed by atoms with E-state index in [4.69, 9.17) is 4.74 Å². The first-order valence-corrected chi connectivity index (χ1v) is 10.1. The molecular formula is C23H21F4N3O3. The number of carbonyl (C=O) groups is 1. The summed E-state index contributed by atoms with van der Waals surface area (Å²) >= 11 is 0. The van der Waals surface area contributed by atoms with Crippen molar-refractivity contribution >= 4 is 11.8 Å². The maximum Gasteiger partial charge on any atom is 0.490 e. The molecule has 1 N–H and O–H groups in total. The third-order valence-electron chi connectivity index (χ3n) is 4.48. The number of halogens is 4. The normalized spacial score (nSPS) is 12.2. The van der Waals surface area contributed by atoms with Crippen molar-refractivity contribution in [2.45, 2.75) is 25.6 Å². The highest BCUT2D eigenvalue weighted by Crippen LogP contribution is 2.27. The van der Waals surface area contributed by atoms with Crippen LogP contribution in [0.25, 0.3) is 11.3 Å². The fourth-order valence-corrected chi connectivity index (χ4v) is 2.89. The first-order chi connectivity index (χ1) is 15.8. The molecule has 0 radical (unpaired) electrons. The van der Waals surface area contributed by atoms with Crippen molar-refractivity contribution < 1.29 is 31.8 Å². The van der Waals surface area contributed by atoms with Crippen LogP contribution in [0.1, 0.15) is 25.0 Å². The second-order valence-corrected chi connectivity index (χ2v) is 6.97. The SMILES string of the molecule is CCCOc1ccc(-c2cc(NC[C@H](OC(=O)C(F)(F)F)c3ccccc3)ncn2)cc1F. The van der Waals surface area contributed by atoms with Crippen molar-refractivity contribution in [3.63, 3.8) is 0 Å². The molecule has 1 atom stereocenters. The number of alkyl halides is 3. The van der Waals surface area contributed by atoms with Gasteiger partial charge in [-0.15, -0.1) is 0 Å². The third-order valence-corrected chi connectivity index (χ3v) is 4.48. The molecule has 0 saturated carbocycles. The quantitative estimate of drug-likeness (QED) is 0.342. The molecule has 0 aliphatic rings. The molecule has 1 heterocycles. The van der Waals surface area contributed by atoms with Gasteiger partial charge in [-0.25, -0.2) is 19.2 Å². The Balaban J connectivity index is 1.75. The molecule has 0 aliphatic carbocycles. The predicted octanol–water partition coefficient (Wildman–Crippen LogP) is 5.33. The molecule has 0 spiro atoms. The second-order valence-electron chi connectivity index (χ2n) is 6.97. The van der Waals surface area contributed by atoms with Gasteiger partial charge in [0, 0.05) is 11.6 Å². The zero-order valence-corrected chi connectivity index (χ0v) is 17.6. The van der Waals surface area contributed by atoms with E-state index in [0.29, 0.717) is 23.4 Å². The van der Waals surface area contributed by atoms with Crippen molar-refractivity contribution in [3.8, 4) is 17.0 Å². The largest absolute Gasteiger partial charge is 0.491 e. The number of carbonyl (C=O) groups excluding carboxylic acids is 1. The summed E-state index contributed by atoms with van der Waals surface area (Å²) in [5, 5.41) is 2.85. The first kappa shape index (κ1) is 24.0. The summed E-state index contributed by atoms with van der Waals surface area (Å²) < 4.78 is 62.4. The number of esters is 1. The van der Waals surface area contributed by atoms with E-state index in [1.807, 2.05) is 6.92 Å². The number of nitrogens with one attached hydrogen (secondary N) is 1. The summed E-state index contributed by atoms with van der Waals surface area (Å²) in [7, 11) is 0.